The second-order valence-corrected chi connectivity index (χ2v) is 7.06. The third-order valence-electron chi connectivity index (χ3n) is 4.00. The van der Waals surface area contributed by atoms with Crippen LogP contribution < -0.4 is 5.73 Å². The highest BCUT2D eigenvalue weighted by molar-refractivity contribution is 7.09. The van der Waals surface area contributed by atoms with Crippen molar-refractivity contribution in [3.8, 4) is 11.1 Å². The summed E-state index contributed by atoms with van der Waals surface area (Å²) in [5, 5.41) is 3.26. The van der Waals surface area contributed by atoms with Gasteiger partial charge in [-0.25, -0.2) is 4.98 Å². The molecular formula is C20H22N2S. The van der Waals surface area contributed by atoms with Gasteiger partial charge in [0.25, 0.3) is 0 Å². The molecule has 2 N–H and O–H groups in total. The standard InChI is InChI=1S/C20H22N2S/c1-14(2)19-13-23-20(22-19)12-18(21)17-10-8-16(9-11-17)15-6-4-3-5-7-15/h3-11,13-14,18H,12,21H2,1-2H3. The van der Waals surface area contributed by atoms with Gasteiger partial charge in [-0.1, -0.05) is 68.4 Å². The van der Waals surface area contributed by atoms with E-state index in [0.717, 1.165) is 22.7 Å². The van der Waals surface area contributed by atoms with Crippen molar-refractivity contribution in [3.63, 3.8) is 0 Å². The lowest BCUT2D eigenvalue weighted by molar-refractivity contribution is 0.711. The zero-order chi connectivity index (χ0) is 16.2. The fourth-order valence-electron chi connectivity index (χ4n) is 2.54. The van der Waals surface area contributed by atoms with Crippen LogP contribution in [-0.4, -0.2) is 4.98 Å². The van der Waals surface area contributed by atoms with Crippen molar-refractivity contribution in [1.82, 2.24) is 4.98 Å². The molecule has 2 nitrogen and oxygen atoms in total. The second-order valence-electron chi connectivity index (χ2n) is 6.12. The van der Waals surface area contributed by atoms with Gasteiger partial charge in [0.2, 0.25) is 0 Å². The minimum absolute atomic E-state index is 0.00835. The van der Waals surface area contributed by atoms with Gasteiger partial charge in [-0.15, -0.1) is 11.3 Å². The first kappa shape index (κ1) is 15.9. The molecule has 23 heavy (non-hydrogen) atoms. The van der Waals surface area contributed by atoms with E-state index in [0.29, 0.717) is 5.92 Å². The van der Waals surface area contributed by atoms with Crippen LogP contribution in [0, 0.1) is 0 Å². The molecule has 0 aliphatic carbocycles. The zero-order valence-electron chi connectivity index (χ0n) is 13.6. The number of benzene rings is 2. The summed E-state index contributed by atoms with van der Waals surface area (Å²) in [4.78, 5) is 4.68. The maximum absolute atomic E-state index is 6.37. The highest BCUT2D eigenvalue weighted by atomic mass is 32.1. The molecule has 1 heterocycles. The van der Waals surface area contributed by atoms with E-state index in [1.54, 1.807) is 11.3 Å². The molecule has 0 aliphatic rings. The minimum atomic E-state index is -0.00835. The van der Waals surface area contributed by atoms with E-state index in [1.807, 2.05) is 6.07 Å². The van der Waals surface area contributed by atoms with Crippen molar-refractivity contribution in [3.05, 3.63) is 76.2 Å². The molecule has 1 atom stereocenters. The van der Waals surface area contributed by atoms with Crippen LogP contribution in [0.1, 0.15) is 42.1 Å². The normalized spacial score (nSPS) is 12.5. The van der Waals surface area contributed by atoms with Gasteiger partial charge >= 0.3 is 0 Å². The van der Waals surface area contributed by atoms with Crippen LogP contribution in [0.15, 0.2) is 60.0 Å². The molecule has 3 rings (SSSR count). The van der Waals surface area contributed by atoms with Crippen LogP contribution in [0.3, 0.4) is 0 Å². The number of nitrogens with zero attached hydrogens (tertiary/aromatic N) is 1. The summed E-state index contributed by atoms with van der Waals surface area (Å²) in [6, 6.07) is 18.9. The van der Waals surface area contributed by atoms with Crippen molar-refractivity contribution in [2.45, 2.75) is 32.2 Å². The maximum atomic E-state index is 6.37. The monoisotopic (exact) mass is 322 g/mol. The molecule has 0 amide bonds. The third kappa shape index (κ3) is 3.87. The van der Waals surface area contributed by atoms with Gasteiger partial charge in [-0.2, -0.15) is 0 Å². The Morgan fingerprint density at radius 2 is 1.61 bits per heavy atom. The van der Waals surface area contributed by atoms with E-state index in [2.05, 4.69) is 72.7 Å². The fourth-order valence-corrected chi connectivity index (χ4v) is 3.56. The van der Waals surface area contributed by atoms with Gasteiger partial charge in [-0.05, 0) is 22.6 Å². The van der Waals surface area contributed by atoms with Gasteiger partial charge in [0.15, 0.2) is 0 Å². The Kier molecular flexibility index (Phi) is 4.89. The smallest absolute Gasteiger partial charge is 0.0947 e. The predicted octanol–water partition coefficient (Wildman–Crippen LogP) is 5.18. The second kappa shape index (κ2) is 7.07. The van der Waals surface area contributed by atoms with E-state index in [-0.39, 0.29) is 6.04 Å². The average molecular weight is 322 g/mol. The van der Waals surface area contributed by atoms with Gasteiger partial charge in [0.1, 0.15) is 0 Å². The molecule has 0 bridgehead atoms. The summed E-state index contributed by atoms with van der Waals surface area (Å²) in [5.74, 6) is 0.474. The van der Waals surface area contributed by atoms with Crippen LogP contribution in [0.4, 0.5) is 0 Å². The third-order valence-corrected chi connectivity index (χ3v) is 4.89. The summed E-state index contributed by atoms with van der Waals surface area (Å²) < 4.78 is 0. The lowest BCUT2D eigenvalue weighted by Crippen LogP contribution is -2.13. The molecule has 1 aromatic heterocycles. The molecule has 0 radical (unpaired) electrons. The van der Waals surface area contributed by atoms with Gasteiger partial charge in [0, 0.05) is 17.8 Å². The summed E-state index contributed by atoms with van der Waals surface area (Å²) in [5.41, 5.74) is 11.1. The Bertz CT molecular complexity index is 745. The van der Waals surface area contributed by atoms with Crippen molar-refractivity contribution < 1.29 is 0 Å². The van der Waals surface area contributed by atoms with Crippen LogP contribution >= 0.6 is 11.3 Å². The summed E-state index contributed by atoms with van der Waals surface area (Å²) in [6.07, 6.45) is 0.794. The van der Waals surface area contributed by atoms with E-state index >= 15 is 0 Å². The largest absolute Gasteiger partial charge is 0.324 e. The molecule has 1 unspecified atom stereocenters. The molecule has 0 fully saturated rings. The quantitative estimate of drug-likeness (QED) is 0.703. The van der Waals surface area contributed by atoms with E-state index in [1.165, 1.54) is 11.1 Å². The van der Waals surface area contributed by atoms with Crippen LogP contribution in [0.5, 0.6) is 0 Å². The number of rotatable bonds is 5. The van der Waals surface area contributed by atoms with Crippen molar-refractivity contribution >= 4 is 11.3 Å². The van der Waals surface area contributed by atoms with Gasteiger partial charge < -0.3 is 5.73 Å². The lowest BCUT2D eigenvalue weighted by atomic mass is 10.00. The van der Waals surface area contributed by atoms with Crippen molar-refractivity contribution in [2.24, 2.45) is 5.73 Å². The van der Waals surface area contributed by atoms with Crippen LogP contribution in [0.25, 0.3) is 11.1 Å². The van der Waals surface area contributed by atoms with E-state index in [4.69, 9.17) is 5.73 Å². The van der Waals surface area contributed by atoms with Gasteiger partial charge in [0.05, 0.1) is 10.7 Å². The first-order valence-corrected chi connectivity index (χ1v) is 8.86. The maximum Gasteiger partial charge on any atom is 0.0947 e. The van der Waals surface area contributed by atoms with Crippen molar-refractivity contribution in [1.29, 1.82) is 0 Å². The molecule has 0 saturated carbocycles. The summed E-state index contributed by atoms with van der Waals surface area (Å²) >= 11 is 1.71. The topological polar surface area (TPSA) is 38.9 Å². The Balaban J connectivity index is 1.71. The van der Waals surface area contributed by atoms with E-state index in [9.17, 15) is 0 Å². The highest BCUT2D eigenvalue weighted by Gasteiger charge is 2.12. The molecular weight excluding hydrogens is 300 g/mol. The summed E-state index contributed by atoms with van der Waals surface area (Å²) in [6.45, 7) is 4.34. The predicted molar refractivity (Wildman–Crippen MR) is 98.7 cm³/mol. The Morgan fingerprint density at radius 1 is 0.957 bits per heavy atom. The molecule has 0 spiro atoms. The number of thiazole rings is 1. The number of aromatic nitrogens is 1. The number of hydrogen-bond donors (Lipinski definition) is 1. The zero-order valence-corrected chi connectivity index (χ0v) is 14.4. The molecule has 118 valence electrons. The molecule has 3 aromatic rings. The average Bonchev–Trinajstić information content (AvgIpc) is 3.04. The molecule has 0 saturated heterocycles. The Labute approximate surface area is 142 Å². The van der Waals surface area contributed by atoms with Gasteiger partial charge in [-0.3, -0.25) is 0 Å². The number of hydrogen-bond acceptors (Lipinski definition) is 3. The molecule has 2 aromatic carbocycles. The van der Waals surface area contributed by atoms with Crippen LogP contribution in [0.2, 0.25) is 0 Å². The molecule has 0 aliphatic heterocycles. The Morgan fingerprint density at radius 3 is 2.22 bits per heavy atom. The lowest BCUT2D eigenvalue weighted by Gasteiger charge is -2.11. The number of nitrogens with two attached hydrogens (primary N) is 1. The minimum Gasteiger partial charge on any atom is -0.324 e. The fraction of sp³-hybridized carbons (Fsp3) is 0.250. The van der Waals surface area contributed by atoms with E-state index < -0.39 is 0 Å². The first-order valence-electron chi connectivity index (χ1n) is 7.98. The summed E-state index contributed by atoms with van der Waals surface area (Å²) in [7, 11) is 0. The first-order chi connectivity index (χ1) is 11.1. The Hall–Kier alpha value is -1.97. The SMILES string of the molecule is CC(C)c1csc(CC(N)c2ccc(-c3ccccc3)cc2)n1. The molecule has 3 heteroatoms. The van der Waals surface area contributed by atoms with Crippen LogP contribution in [-0.2, 0) is 6.42 Å². The van der Waals surface area contributed by atoms with Crippen molar-refractivity contribution in [2.75, 3.05) is 0 Å². The highest BCUT2D eigenvalue weighted by Crippen LogP contribution is 2.25.